The molecule has 7 rings (SSSR count). The summed E-state index contributed by atoms with van der Waals surface area (Å²) in [5.41, 5.74) is 8.66. The second kappa shape index (κ2) is 16.7. The molecule has 0 radical (unpaired) electrons. The highest BCUT2D eigenvalue weighted by Crippen LogP contribution is 2.47. The van der Waals surface area contributed by atoms with Gasteiger partial charge in [0.05, 0.1) is 41.0 Å². The van der Waals surface area contributed by atoms with E-state index in [1.807, 2.05) is 59.9 Å². The number of thiazole rings is 1. The molecule has 2 N–H and O–H groups in total. The molecule has 1 aliphatic carbocycles. The number of hydrogen-bond acceptors (Lipinski definition) is 11. The molecule has 1 aromatic carbocycles. The Balaban J connectivity index is 1.47. The van der Waals surface area contributed by atoms with Crippen molar-refractivity contribution in [1.82, 2.24) is 25.3 Å². The fourth-order valence-electron chi connectivity index (χ4n) is 8.80. The van der Waals surface area contributed by atoms with Gasteiger partial charge in [-0.05, 0) is 69.6 Å². The van der Waals surface area contributed by atoms with Gasteiger partial charge in [-0.3, -0.25) is 29.2 Å². The van der Waals surface area contributed by atoms with Crippen LogP contribution in [-0.4, -0.2) is 96.6 Å². The third kappa shape index (κ3) is 7.89. The predicted octanol–water partition coefficient (Wildman–Crippen LogP) is 5.85. The van der Waals surface area contributed by atoms with Gasteiger partial charge in [0.15, 0.2) is 0 Å². The summed E-state index contributed by atoms with van der Waals surface area (Å²) in [5, 5.41) is 7.83. The van der Waals surface area contributed by atoms with E-state index in [4.69, 9.17) is 24.2 Å². The van der Waals surface area contributed by atoms with E-state index >= 15 is 0 Å². The number of carbonyl (C=O) groups excluding carboxylic acids is 4. The number of ether oxygens (including phenoxy) is 3. The van der Waals surface area contributed by atoms with E-state index in [0.29, 0.717) is 47.9 Å². The van der Waals surface area contributed by atoms with Crippen molar-refractivity contribution < 1.29 is 33.4 Å². The number of cyclic esters (lactones) is 1. The molecule has 7 atom stereocenters. The van der Waals surface area contributed by atoms with E-state index in [9.17, 15) is 19.2 Å². The number of hydrazine groups is 1. The number of esters is 1. The lowest BCUT2D eigenvalue weighted by molar-refractivity contribution is -0.156. The zero-order valence-electron chi connectivity index (χ0n) is 35.6. The molecule has 0 unspecified atom stereocenters. The zero-order valence-corrected chi connectivity index (χ0v) is 36.4. The SMILES string of the molecule is C=C/C(=C(\N=C/C)[C@H](C)OC)c1c2c3cc(cc4c3n1CC(=O)N4C)-c1csc(n1)[C@@H](OCC)[C@H](NC(=O)[C@H]1[C@H](C)[C@@H]1C)C(=O)N1CCC[C@H](N1)C(=O)OCC(C)(C)C2. The number of anilines is 1. The van der Waals surface area contributed by atoms with E-state index in [1.54, 1.807) is 31.3 Å². The number of nitrogens with one attached hydrogen (secondary N) is 2. The molecule has 14 nitrogen and oxygen atoms in total. The maximum Gasteiger partial charge on any atom is 0.324 e. The van der Waals surface area contributed by atoms with E-state index in [1.165, 1.54) is 16.3 Å². The van der Waals surface area contributed by atoms with Crippen molar-refractivity contribution in [2.24, 2.45) is 28.2 Å². The second-order valence-electron chi connectivity index (χ2n) is 17.0. The maximum atomic E-state index is 14.6. The number of benzene rings is 1. The molecular weight excluding hydrogens is 771 g/mol. The lowest BCUT2D eigenvalue weighted by Crippen LogP contribution is -2.61. The van der Waals surface area contributed by atoms with Gasteiger partial charge >= 0.3 is 5.97 Å². The first-order valence-corrected chi connectivity index (χ1v) is 21.5. The Morgan fingerprint density at radius 3 is 2.64 bits per heavy atom. The van der Waals surface area contributed by atoms with Gasteiger partial charge in [-0.15, -0.1) is 11.3 Å². The van der Waals surface area contributed by atoms with Gasteiger partial charge in [0.25, 0.3) is 5.91 Å². The van der Waals surface area contributed by atoms with Crippen LogP contribution in [0.3, 0.4) is 0 Å². The fraction of sp³-hybridized carbons (Fsp3) is 0.545. The molecule has 316 valence electrons. The summed E-state index contributed by atoms with van der Waals surface area (Å²) in [5.74, 6) is -1.06. The molecular formula is C44H57N7O7S. The molecule has 1 saturated carbocycles. The van der Waals surface area contributed by atoms with Crippen LogP contribution in [0.25, 0.3) is 27.7 Å². The maximum absolute atomic E-state index is 14.6. The van der Waals surface area contributed by atoms with Crippen LogP contribution in [0.2, 0.25) is 0 Å². The minimum absolute atomic E-state index is 0.0787. The van der Waals surface area contributed by atoms with E-state index in [2.05, 4.69) is 28.0 Å². The molecule has 3 aromatic rings. The van der Waals surface area contributed by atoms with Crippen molar-refractivity contribution in [1.29, 1.82) is 0 Å². The number of hydrogen-bond donors (Lipinski definition) is 2. The lowest BCUT2D eigenvalue weighted by Gasteiger charge is -2.37. The topological polar surface area (TPSA) is 157 Å². The largest absolute Gasteiger partial charge is 0.464 e. The average molecular weight is 828 g/mol. The number of aliphatic imine (C=N–C) groups is 1. The predicted molar refractivity (Wildman–Crippen MR) is 229 cm³/mol. The van der Waals surface area contributed by atoms with E-state index < -0.39 is 41.6 Å². The number of allylic oxidation sites excluding steroid dienone is 2. The number of carbonyl (C=O) groups is 4. The molecule has 59 heavy (non-hydrogen) atoms. The molecule has 3 amide bonds. The summed E-state index contributed by atoms with van der Waals surface area (Å²) < 4.78 is 20.3. The standard InChI is InChI=1S/C44H57N7O7S/c1-11-27(35(45-12-2)25(6)56-10)37-29-19-44(7,8)22-58-43(55)30-15-14-16-51(48-30)42(54)36(47-40(53)34-23(4)24(34)5)39(57-13-3)41-46-31(21-59-41)26-17-28(29)38-32(18-26)49(9)33(52)20-50(37)38/h11-12,17-18,21,23-25,30,34,36,39,48H,1,13-16,19-20,22H2,2-10H3,(H,47,53)/b35-27+,45-12-/t23-,24+,25-,30-,34+,36-,39-/m0/s1. The summed E-state index contributed by atoms with van der Waals surface area (Å²) in [7, 11) is 3.41. The van der Waals surface area contributed by atoms with Crippen molar-refractivity contribution in [2.75, 3.05) is 38.8 Å². The highest BCUT2D eigenvalue weighted by molar-refractivity contribution is 7.10. The lowest BCUT2D eigenvalue weighted by atomic mass is 9.84. The summed E-state index contributed by atoms with van der Waals surface area (Å²) in [6.45, 7) is 18.8. The Labute approximate surface area is 350 Å². The molecule has 0 spiro atoms. The Morgan fingerprint density at radius 1 is 1.24 bits per heavy atom. The molecule has 4 aliphatic rings. The van der Waals surface area contributed by atoms with Gasteiger partial charge in [0, 0.05) is 66.8 Å². The van der Waals surface area contributed by atoms with E-state index in [0.717, 1.165) is 33.3 Å². The molecule has 2 aromatic heterocycles. The first-order valence-electron chi connectivity index (χ1n) is 20.6. The summed E-state index contributed by atoms with van der Waals surface area (Å²) in [6.07, 6.45) is 3.66. The smallest absolute Gasteiger partial charge is 0.324 e. The van der Waals surface area contributed by atoms with Crippen LogP contribution >= 0.6 is 11.3 Å². The van der Waals surface area contributed by atoms with Gasteiger partial charge in [0.1, 0.15) is 29.7 Å². The molecule has 1 saturated heterocycles. The summed E-state index contributed by atoms with van der Waals surface area (Å²) in [6, 6.07) is 2.16. The first kappa shape index (κ1) is 42.4. The molecule has 6 bridgehead atoms. The summed E-state index contributed by atoms with van der Waals surface area (Å²) >= 11 is 1.34. The molecule has 15 heteroatoms. The van der Waals surface area contributed by atoms with Crippen molar-refractivity contribution >= 4 is 63.4 Å². The first-order chi connectivity index (χ1) is 28.1. The number of rotatable bonds is 9. The Morgan fingerprint density at radius 2 is 1.98 bits per heavy atom. The van der Waals surface area contributed by atoms with Gasteiger partial charge in [0.2, 0.25) is 11.8 Å². The molecule has 5 heterocycles. The molecule has 3 aliphatic heterocycles. The normalized spacial score (nSPS) is 26.7. The van der Waals surface area contributed by atoms with E-state index in [-0.39, 0.29) is 49.3 Å². The van der Waals surface area contributed by atoms with Crippen LogP contribution in [0.5, 0.6) is 0 Å². The number of amides is 3. The molecule has 2 fully saturated rings. The highest BCUT2D eigenvalue weighted by atomic mass is 32.1. The van der Waals surface area contributed by atoms with Crippen molar-refractivity contribution in [2.45, 2.75) is 98.6 Å². The Bertz CT molecular complexity index is 2230. The van der Waals surface area contributed by atoms with Crippen LogP contribution in [0, 0.1) is 23.2 Å². The minimum Gasteiger partial charge on any atom is -0.464 e. The quantitative estimate of drug-likeness (QED) is 0.154. The number of methoxy groups -OCH3 is 1. The van der Waals surface area contributed by atoms with Crippen LogP contribution in [0.1, 0.15) is 83.7 Å². The Kier molecular flexibility index (Phi) is 12.0. The van der Waals surface area contributed by atoms with Crippen LogP contribution < -0.4 is 15.6 Å². The minimum atomic E-state index is -1.13. The average Bonchev–Trinajstić information content (AvgIpc) is 3.48. The van der Waals surface area contributed by atoms with Crippen molar-refractivity contribution in [3.05, 3.63) is 52.1 Å². The second-order valence-corrected chi connectivity index (χ2v) is 17.9. The van der Waals surface area contributed by atoms with Crippen molar-refractivity contribution in [3.8, 4) is 11.3 Å². The van der Waals surface area contributed by atoms with Crippen LogP contribution in [-0.2, 0) is 46.4 Å². The summed E-state index contributed by atoms with van der Waals surface area (Å²) in [4.78, 5) is 67.7. The van der Waals surface area contributed by atoms with Gasteiger partial charge < -0.3 is 29.0 Å². The van der Waals surface area contributed by atoms with Gasteiger partial charge in [-0.1, -0.05) is 40.3 Å². The van der Waals surface area contributed by atoms with Gasteiger partial charge in [-0.2, -0.15) is 0 Å². The fourth-order valence-corrected chi connectivity index (χ4v) is 9.71. The van der Waals surface area contributed by atoms with Crippen LogP contribution in [0.15, 0.2) is 40.9 Å². The monoisotopic (exact) mass is 827 g/mol. The third-order valence-electron chi connectivity index (χ3n) is 12.4. The Hall–Kier alpha value is -4.70. The van der Waals surface area contributed by atoms with Crippen LogP contribution in [0.4, 0.5) is 5.69 Å². The number of likely N-dealkylation sites (N-methyl/N-ethyl adjacent to an activating group) is 1. The van der Waals surface area contributed by atoms with Gasteiger partial charge in [-0.25, -0.2) is 10.4 Å². The number of nitrogens with zero attached hydrogens (tertiary/aromatic N) is 5. The number of fused-ring (bicyclic) bond motifs is 6. The highest BCUT2D eigenvalue weighted by Gasteiger charge is 2.50. The zero-order chi connectivity index (χ0) is 42.5. The number of aromatic nitrogens is 2. The third-order valence-corrected chi connectivity index (χ3v) is 13.3. The van der Waals surface area contributed by atoms with Crippen molar-refractivity contribution in [3.63, 3.8) is 0 Å².